The number of hydrogen-bond donors (Lipinski definition) is 1. The maximum absolute atomic E-state index is 12.0. The predicted molar refractivity (Wildman–Crippen MR) is 84.6 cm³/mol. The zero-order valence-corrected chi connectivity index (χ0v) is 13.6. The summed E-state index contributed by atoms with van der Waals surface area (Å²) in [4.78, 5) is 23.5. The van der Waals surface area contributed by atoms with Gasteiger partial charge in [-0.25, -0.2) is 4.79 Å². The van der Waals surface area contributed by atoms with E-state index in [1.54, 1.807) is 19.1 Å². The first kappa shape index (κ1) is 19.4. The van der Waals surface area contributed by atoms with Gasteiger partial charge in [0.2, 0.25) is 5.91 Å². The Hall–Kier alpha value is -1.62. The van der Waals surface area contributed by atoms with E-state index in [4.69, 9.17) is 4.74 Å². The SMILES string of the molecule is C=CCC(CC=C)C(=O)NCC[N+](C)(C)CC(=O)OCC. The molecule has 0 aromatic carbocycles. The number of likely N-dealkylation sites (N-methyl/N-ethyl adjacent to an activating group) is 1. The molecule has 0 unspecified atom stereocenters. The Bertz CT molecular complexity index is 355. The van der Waals surface area contributed by atoms with Crippen LogP contribution in [0.5, 0.6) is 0 Å². The van der Waals surface area contributed by atoms with Crippen LogP contribution in [0, 0.1) is 5.92 Å². The third-order valence-corrected chi connectivity index (χ3v) is 3.15. The summed E-state index contributed by atoms with van der Waals surface area (Å²) < 4.78 is 5.42. The zero-order valence-electron chi connectivity index (χ0n) is 13.6. The van der Waals surface area contributed by atoms with E-state index in [0.29, 0.717) is 43.6 Å². The van der Waals surface area contributed by atoms with Gasteiger partial charge in [-0.1, -0.05) is 12.2 Å². The average molecular weight is 297 g/mol. The Morgan fingerprint density at radius 1 is 1.24 bits per heavy atom. The van der Waals surface area contributed by atoms with Crippen LogP contribution in [0.25, 0.3) is 0 Å². The predicted octanol–water partition coefficient (Wildman–Crippen LogP) is 1.51. The topological polar surface area (TPSA) is 55.4 Å². The molecular formula is C16H29N2O3+. The van der Waals surface area contributed by atoms with Crippen molar-refractivity contribution in [2.24, 2.45) is 5.92 Å². The Morgan fingerprint density at radius 3 is 2.29 bits per heavy atom. The molecular weight excluding hydrogens is 268 g/mol. The third-order valence-electron chi connectivity index (χ3n) is 3.15. The Labute approximate surface area is 128 Å². The van der Waals surface area contributed by atoms with Crippen LogP contribution >= 0.6 is 0 Å². The van der Waals surface area contributed by atoms with E-state index in [1.165, 1.54) is 0 Å². The van der Waals surface area contributed by atoms with Gasteiger partial charge in [0.05, 0.1) is 33.8 Å². The van der Waals surface area contributed by atoms with Crippen molar-refractivity contribution in [3.63, 3.8) is 0 Å². The van der Waals surface area contributed by atoms with Crippen molar-refractivity contribution in [2.75, 3.05) is 40.3 Å². The molecule has 0 aliphatic rings. The molecule has 0 saturated heterocycles. The van der Waals surface area contributed by atoms with Crippen molar-refractivity contribution >= 4 is 11.9 Å². The number of ether oxygens (including phenoxy) is 1. The summed E-state index contributed by atoms with van der Waals surface area (Å²) >= 11 is 0. The number of carbonyl (C=O) groups excluding carboxylic acids is 2. The maximum atomic E-state index is 12.0. The van der Waals surface area contributed by atoms with Crippen LogP contribution in [0.1, 0.15) is 19.8 Å². The molecule has 0 aliphatic carbocycles. The first-order valence-electron chi connectivity index (χ1n) is 7.33. The van der Waals surface area contributed by atoms with Crippen LogP contribution in [0.3, 0.4) is 0 Å². The van der Waals surface area contributed by atoms with Gasteiger partial charge >= 0.3 is 5.97 Å². The van der Waals surface area contributed by atoms with E-state index < -0.39 is 0 Å². The van der Waals surface area contributed by atoms with Gasteiger partial charge in [0.15, 0.2) is 6.54 Å². The van der Waals surface area contributed by atoms with Gasteiger partial charge in [0, 0.05) is 5.92 Å². The molecule has 21 heavy (non-hydrogen) atoms. The molecule has 5 heteroatoms. The first-order chi connectivity index (χ1) is 9.86. The summed E-state index contributed by atoms with van der Waals surface area (Å²) in [6.45, 7) is 11.0. The van der Waals surface area contributed by atoms with E-state index in [-0.39, 0.29) is 17.8 Å². The number of allylic oxidation sites excluding steroid dienone is 2. The van der Waals surface area contributed by atoms with Crippen molar-refractivity contribution in [1.82, 2.24) is 5.32 Å². The first-order valence-corrected chi connectivity index (χ1v) is 7.33. The highest BCUT2D eigenvalue weighted by molar-refractivity contribution is 5.78. The van der Waals surface area contributed by atoms with Crippen molar-refractivity contribution < 1.29 is 18.8 Å². The molecule has 0 saturated carbocycles. The molecule has 5 nitrogen and oxygen atoms in total. The van der Waals surface area contributed by atoms with Crippen LogP contribution < -0.4 is 5.32 Å². The Kier molecular flexibility index (Phi) is 9.37. The summed E-state index contributed by atoms with van der Waals surface area (Å²) in [5.41, 5.74) is 0. The summed E-state index contributed by atoms with van der Waals surface area (Å²) in [5.74, 6) is -0.323. The molecule has 1 amide bonds. The zero-order chi connectivity index (χ0) is 16.3. The van der Waals surface area contributed by atoms with E-state index in [9.17, 15) is 9.59 Å². The lowest BCUT2D eigenvalue weighted by molar-refractivity contribution is -0.881. The van der Waals surface area contributed by atoms with E-state index in [0.717, 1.165) is 0 Å². The quantitative estimate of drug-likeness (QED) is 0.357. The van der Waals surface area contributed by atoms with Crippen LogP contribution in [0.15, 0.2) is 25.3 Å². The minimum Gasteiger partial charge on any atom is -0.462 e. The number of amides is 1. The van der Waals surface area contributed by atoms with Crippen LogP contribution in [0.2, 0.25) is 0 Å². The van der Waals surface area contributed by atoms with Gasteiger partial charge in [-0.15, -0.1) is 13.2 Å². The summed E-state index contributed by atoms with van der Waals surface area (Å²) in [5, 5.41) is 2.91. The van der Waals surface area contributed by atoms with Crippen molar-refractivity contribution in [1.29, 1.82) is 0 Å². The van der Waals surface area contributed by atoms with Gasteiger partial charge < -0.3 is 14.5 Å². The van der Waals surface area contributed by atoms with E-state index >= 15 is 0 Å². The van der Waals surface area contributed by atoms with Gasteiger partial charge in [0.25, 0.3) is 0 Å². The molecule has 0 spiro atoms. The normalized spacial score (nSPS) is 11.0. The summed E-state index contributed by atoms with van der Waals surface area (Å²) in [6, 6.07) is 0. The van der Waals surface area contributed by atoms with E-state index in [1.807, 2.05) is 14.1 Å². The number of nitrogens with one attached hydrogen (secondary N) is 1. The molecule has 0 radical (unpaired) electrons. The second-order valence-corrected chi connectivity index (χ2v) is 5.66. The lowest BCUT2D eigenvalue weighted by Gasteiger charge is -2.28. The molecule has 0 heterocycles. The van der Waals surface area contributed by atoms with Crippen molar-refractivity contribution in [3.05, 3.63) is 25.3 Å². The van der Waals surface area contributed by atoms with E-state index in [2.05, 4.69) is 18.5 Å². The van der Waals surface area contributed by atoms with Gasteiger partial charge in [0.1, 0.15) is 0 Å². The molecule has 0 aromatic heterocycles. The minimum atomic E-state index is -0.218. The number of esters is 1. The fourth-order valence-corrected chi connectivity index (χ4v) is 1.97. The Morgan fingerprint density at radius 2 is 1.81 bits per heavy atom. The lowest BCUT2D eigenvalue weighted by atomic mass is 10.0. The smallest absolute Gasteiger partial charge is 0.361 e. The number of nitrogens with zero attached hydrogens (tertiary/aromatic N) is 1. The second kappa shape index (κ2) is 10.2. The highest BCUT2D eigenvalue weighted by atomic mass is 16.5. The lowest BCUT2D eigenvalue weighted by Crippen LogP contribution is -2.49. The largest absolute Gasteiger partial charge is 0.462 e. The monoisotopic (exact) mass is 297 g/mol. The third kappa shape index (κ3) is 9.02. The fourth-order valence-electron chi connectivity index (χ4n) is 1.97. The number of carbonyl (C=O) groups is 2. The average Bonchev–Trinajstić information content (AvgIpc) is 2.37. The molecule has 0 aromatic rings. The number of rotatable bonds is 11. The molecule has 0 rings (SSSR count). The standard InChI is InChI=1S/C16H28N2O3/c1-6-9-14(10-7-2)16(20)17-11-12-18(4,5)13-15(19)21-8-3/h6-7,14H,1-2,8-13H2,3-5H3/p+1. The molecule has 0 fully saturated rings. The summed E-state index contributed by atoms with van der Waals surface area (Å²) in [6.07, 6.45) is 4.76. The highest BCUT2D eigenvalue weighted by Crippen LogP contribution is 2.09. The van der Waals surface area contributed by atoms with Gasteiger partial charge in [-0.3, -0.25) is 4.79 Å². The maximum Gasteiger partial charge on any atom is 0.361 e. The second-order valence-electron chi connectivity index (χ2n) is 5.66. The molecule has 0 aliphatic heterocycles. The van der Waals surface area contributed by atoms with Crippen molar-refractivity contribution in [3.8, 4) is 0 Å². The Balaban J connectivity index is 4.20. The fraction of sp³-hybridized carbons (Fsp3) is 0.625. The molecule has 120 valence electrons. The number of quaternary nitrogens is 1. The molecule has 0 atom stereocenters. The van der Waals surface area contributed by atoms with Gasteiger partial charge in [-0.05, 0) is 19.8 Å². The number of hydrogen-bond acceptors (Lipinski definition) is 3. The molecule has 0 bridgehead atoms. The van der Waals surface area contributed by atoms with Gasteiger partial charge in [-0.2, -0.15) is 0 Å². The van der Waals surface area contributed by atoms with Crippen LogP contribution in [-0.4, -0.2) is 56.7 Å². The van der Waals surface area contributed by atoms with Crippen LogP contribution in [-0.2, 0) is 14.3 Å². The van der Waals surface area contributed by atoms with Crippen molar-refractivity contribution in [2.45, 2.75) is 19.8 Å². The summed E-state index contributed by atoms with van der Waals surface area (Å²) in [7, 11) is 3.88. The van der Waals surface area contributed by atoms with Crippen LogP contribution in [0.4, 0.5) is 0 Å². The highest BCUT2D eigenvalue weighted by Gasteiger charge is 2.22. The minimum absolute atomic E-state index is 0.00550. The molecule has 1 N–H and O–H groups in total.